The first kappa shape index (κ1) is 16.5. The van der Waals surface area contributed by atoms with Gasteiger partial charge in [0.15, 0.2) is 0 Å². The predicted octanol–water partition coefficient (Wildman–Crippen LogP) is 5.16. The maximum Gasteiger partial charge on any atom is 0.137 e. The number of benzene rings is 2. The molecule has 1 unspecified atom stereocenters. The number of hydrogen-bond acceptors (Lipinski definition) is 2. The van der Waals surface area contributed by atoms with Crippen molar-refractivity contribution in [2.75, 3.05) is 0 Å². The molecule has 2 aromatic carbocycles. The van der Waals surface area contributed by atoms with Gasteiger partial charge in [-0.2, -0.15) is 0 Å². The largest absolute Gasteiger partial charge is 0.327 e. The van der Waals surface area contributed by atoms with Gasteiger partial charge in [-0.15, -0.1) is 0 Å². The maximum absolute atomic E-state index is 13.7. The Labute approximate surface area is 136 Å². The second-order valence-electron chi connectivity index (χ2n) is 4.81. The Morgan fingerprint density at radius 2 is 1.90 bits per heavy atom. The zero-order valence-electron chi connectivity index (χ0n) is 11.6. The first-order valence-electron chi connectivity index (χ1n) is 6.66. The number of rotatable bonds is 5. The van der Waals surface area contributed by atoms with E-state index in [4.69, 9.17) is 5.73 Å². The summed E-state index contributed by atoms with van der Waals surface area (Å²) >= 11 is 4.68. The van der Waals surface area contributed by atoms with Crippen LogP contribution in [-0.2, 0) is 6.42 Å². The molecule has 0 aliphatic heterocycles. The van der Waals surface area contributed by atoms with Crippen LogP contribution < -0.4 is 5.73 Å². The molecule has 0 aliphatic carbocycles. The zero-order valence-corrected chi connectivity index (χ0v) is 14.0. The molecule has 0 radical (unpaired) electrons. The molecule has 0 saturated carbocycles. The van der Waals surface area contributed by atoms with Crippen LogP contribution in [0.2, 0.25) is 0 Å². The van der Waals surface area contributed by atoms with E-state index in [0.29, 0.717) is 0 Å². The summed E-state index contributed by atoms with van der Waals surface area (Å²) < 4.78 is 27.7. The molecular formula is C16H16BrF2NS. The number of hydrogen-bond donors (Lipinski definition) is 1. The molecule has 0 aliphatic rings. The van der Waals surface area contributed by atoms with Gasteiger partial charge in [0.05, 0.1) is 4.90 Å². The molecule has 0 spiro atoms. The van der Waals surface area contributed by atoms with Gasteiger partial charge in [-0.05, 0) is 64.7 Å². The van der Waals surface area contributed by atoms with Gasteiger partial charge in [0.1, 0.15) is 11.6 Å². The third kappa shape index (κ3) is 4.53. The van der Waals surface area contributed by atoms with E-state index in [1.54, 1.807) is 0 Å². The van der Waals surface area contributed by atoms with Gasteiger partial charge in [0, 0.05) is 15.4 Å². The molecule has 0 heterocycles. The molecule has 0 aromatic heterocycles. The van der Waals surface area contributed by atoms with Gasteiger partial charge in [-0.3, -0.25) is 0 Å². The molecule has 21 heavy (non-hydrogen) atoms. The number of nitrogens with two attached hydrogens (primary N) is 1. The molecular weight excluding hydrogens is 356 g/mol. The van der Waals surface area contributed by atoms with E-state index in [1.165, 1.54) is 17.8 Å². The monoisotopic (exact) mass is 371 g/mol. The van der Waals surface area contributed by atoms with Crippen molar-refractivity contribution in [2.45, 2.75) is 35.6 Å². The summed E-state index contributed by atoms with van der Waals surface area (Å²) in [6.45, 7) is 2.05. The number of halogens is 3. The molecule has 2 rings (SSSR count). The van der Waals surface area contributed by atoms with Crippen molar-refractivity contribution in [3.63, 3.8) is 0 Å². The summed E-state index contributed by atoms with van der Waals surface area (Å²) in [6.07, 6.45) is 1.72. The lowest BCUT2D eigenvalue weighted by Crippen LogP contribution is -2.21. The highest BCUT2D eigenvalue weighted by atomic mass is 79.9. The summed E-state index contributed by atoms with van der Waals surface area (Å²) in [5.74, 6) is -0.869. The van der Waals surface area contributed by atoms with E-state index in [1.807, 2.05) is 18.2 Å². The molecule has 0 amide bonds. The molecule has 1 atom stereocenters. The Balaban J connectivity index is 2.19. The Morgan fingerprint density at radius 1 is 1.14 bits per heavy atom. The summed E-state index contributed by atoms with van der Waals surface area (Å²) in [6, 6.07) is 9.44. The molecule has 0 fully saturated rings. The molecule has 112 valence electrons. The lowest BCUT2D eigenvalue weighted by atomic mass is 10.1. The highest BCUT2D eigenvalue weighted by molar-refractivity contribution is 9.10. The Morgan fingerprint density at radius 3 is 2.57 bits per heavy atom. The van der Waals surface area contributed by atoms with Gasteiger partial charge in [0.25, 0.3) is 0 Å². The fourth-order valence-corrected chi connectivity index (χ4v) is 3.41. The summed E-state index contributed by atoms with van der Waals surface area (Å²) in [5.41, 5.74) is 7.07. The Hall–Kier alpha value is -0.910. The van der Waals surface area contributed by atoms with Crippen molar-refractivity contribution in [1.29, 1.82) is 0 Å². The standard InChI is InChI=1S/C16H16BrF2NS/c1-2-12(20)7-10-3-6-15(13(17)8-10)21-16-9-11(18)4-5-14(16)19/h3-6,8-9,12H,2,7,20H2,1H3. The van der Waals surface area contributed by atoms with Crippen molar-refractivity contribution >= 4 is 27.7 Å². The first-order chi connectivity index (χ1) is 9.99. The fourth-order valence-electron chi connectivity index (χ4n) is 1.88. The topological polar surface area (TPSA) is 26.0 Å². The summed E-state index contributed by atoms with van der Waals surface area (Å²) in [4.78, 5) is 1.11. The third-order valence-electron chi connectivity index (χ3n) is 3.13. The lowest BCUT2D eigenvalue weighted by molar-refractivity contribution is 0.577. The first-order valence-corrected chi connectivity index (χ1v) is 8.27. The van der Waals surface area contributed by atoms with E-state index >= 15 is 0 Å². The highest BCUT2D eigenvalue weighted by Gasteiger charge is 2.10. The van der Waals surface area contributed by atoms with Crippen molar-refractivity contribution in [1.82, 2.24) is 0 Å². The molecule has 1 nitrogen and oxygen atoms in total. The second-order valence-corrected chi connectivity index (χ2v) is 6.75. The van der Waals surface area contributed by atoms with Crippen LogP contribution >= 0.6 is 27.7 Å². The fraction of sp³-hybridized carbons (Fsp3) is 0.250. The Bertz CT molecular complexity index is 634. The van der Waals surface area contributed by atoms with Crippen LogP contribution in [0.15, 0.2) is 50.7 Å². The van der Waals surface area contributed by atoms with Crippen LogP contribution in [0.5, 0.6) is 0 Å². The van der Waals surface area contributed by atoms with Gasteiger partial charge in [0.2, 0.25) is 0 Å². The zero-order chi connectivity index (χ0) is 15.4. The average Bonchev–Trinajstić information content (AvgIpc) is 2.45. The summed E-state index contributed by atoms with van der Waals surface area (Å²) in [7, 11) is 0. The highest BCUT2D eigenvalue weighted by Crippen LogP contribution is 2.35. The van der Waals surface area contributed by atoms with Gasteiger partial charge >= 0.3 is 0 Å². The van der Waals surface area contributed by atoms with Crippen LogP contribution in [-0.4, -0.2) is 6.04 Å². The smallest absolute Gasteiger partial charge is 0.137 e. The predicted molar refractivity (Wildman–Crippen MR) is 86.6 cm³/mol. The molecule has 2 N–H and O–H groups in total. The van der Waals surface area contributed by atoms with Crippen LogP contribution in [0.3, 0.4) is 0 Å². The minimum atomic E-state index is -0.444. The van der Waals surface area contributed by atoms with Crippen molar-refractivity contribution in [3.05, 3.63) is 58.1 Å². The lowest BCUT2D eigenvalue weighted by Gasteiger charge is -2.11. The van der Waals surface area contributed by atoms with Crippen LogP contribution in [0, 0.1) is 11.6 Å². The van der Waals surface area contributed by atoms with Gasteiger partial charge < -0.3 is 5.73 Å². The second kappa shape index (κ2) is 7.38. The van der Waals surface area contributed by atoms with Crippen molar-refractivity contribution < 1.29 is 8.78 Å². The van der Waals surface area contributed by atoms with Crippen molar-refractivity contribution in [2.24, 2.45) is 5.73 Å². The average molecular weight is 372 g/mol. The minimum Gasteiger partial charge on any atom is -0.327 e. The molecule has 0 bridgehead atoms. The minimum absolute atomic E-state index is 0.135. The maximum atomic E-state index is 13.7. The third-order valence-corrected chi connectivity index (χ3v) is 5.16. The van der Waals surface area contributed by atoms with E-state index in [2.05, 4.69) is 22.9 Å². The van der Waals surface area contributed by atoms with Crippen molar-refractivity contribution in [3.8, 4) is 0 Å². The van der Waals surface area contributed by atoms with Gasteiger partial charge in [-0.1, -0.05) is 24.8 Å². The van der Waals surface area contributed by atoms with E-state index in [9.17, 15) is 8.78 Å². The van der Waals surface area contributed by atoms with E-state index in [-0.39, 0.29) is 10.9 Å². The van der Waals surface area contributed by atoms with Gasteiger partial charge in [-0.25, -0.2) is 8.78 Å². The molecule has 0 saturated heterocycles. The molecule has 2 aromatic rings. The SMILES string of the molecule is CCC(N)Cc1ccc(Sc2cc(F)ccc2F)c(Br)c1. The van der Waals surface area contributed by atoms with Crippen LogP contribution in [0.1, 0.15) is 18.9 Å². The quantitative estimate of drug-likeness (QED) is 0.785. The molecule has 5 heteroatoms. The van der Waals surface area contributed by atoms with Crippen LogP contribution in [0.25, 0.3) is 0 Å². The summed E-state index contributed by atoms with van der Waals surface area (Å²) in [5, 5.41) is 0. The van der Waals surface area contributed by atoms with Crippen LogP contribution in [0.4, 0.5) is 8.78 Å². The van der Waals surface area contributed by atoms with E-state index in [0.717, 1.165) is 39.9 Å². The Kier molecular flexibility index (Phi) is 5.79. The normalized spacial score (nSPS) is 12.4. The van der Waals surface area contributed by atoms with E-state index < -0.39 is 11.6 Å².